The van der Waals surface area contributed by atoms with Gasteiger partial charge in [0.1, 0.15) is 0 Å². The largest absolute Gasteiger partial charge is 0.394 e. The topological polar surface area (TPSA) is 108 Å². The summed E-state index contributed by atoms with van der Waals surface area (Å²) in [5.74, 6) is -0.0934. The molecule has 0 unspecified atom stereocenters. The maximum atomic E-state index is 12.6. The number of aryl methyl sites for hydroxylation is 1. The summed E-state index contributed by atoms with van der Waals surface area (Å²) in [5, 5.41) is 12.6. The third-order valence-corrected chi connectivity index (χ3v) is 6.46. The summed E-state index contributed by atoms with van der Waals surface area (Å²) >= 11 is 0. The lowest BCUT2D eigenvalue weighted by molar-refractivity contribution is -0.130. The molecule has 9 heteroatoms. The van der Waals surface area contributed by atoms with Gasteiger partial charge in [0.05, 0.1) is 36.2 Å². The van der Waals surface area contributed by atoms with Crippen LogP contribution in [0, 0.1) is 6.92 Å². The van der Waals surface area contributed by atoms with E-state index in [0.717, 1.165) is 18.5 Å². The second-order valence-corrected chi connectivity index (χ2v) is 9.52. The van der Waals surface area contributed by atoms with Gasteiger partial charge >= 0.3 is 0 Å². The molecule has 1 aromatic carbocycles. The highest BCUT2D eigenvalue weighted by Gasteiger charge is 2.34. The Morgan fingerprint density at radius 2 is 1.93 bits per heavy atom. The van der Waals surface area contributed by atoms with Crippen LogP contribution in [0.1, 0.15) is 31.2 Å². The molecule has 1 heterocycles. The molecule has 8 nitrogen and oxygen atoms in total. The van der Waals surface area contributed by atoms with E-state index in [-0.39, 0.29) is 29.9 Å². The number of carbonyl (C=O) groups excluding carboxylic acids is 1. The van der Waals surface area contributed by atoms with Crippen molar-refractivity contribution in [1.29, 1.82) is 0 Å². The van der Waals surface area contributed by atoms with Crippen LogP contribution in [0.4, 0.5) is 0 Å². The first-order valence-corrected chi connectivity index (χ1v) is 11.5. The van der Waals surface area contributed by atoms with E-state index in [1.807, 2.05) is 21.0 Å². The molecule has 0 saturated carbocycles. The Morgan fingerprint density at radius 1 is 1.24 bits per heavy atom. The SMILES string of the molecule is Cc1ccc(S(=O)(=O)N[C@H]2CC[C@@H](CC(=O)NCCCN(C)C)O[C@@H]2CO)cc1. The summed E-state index contributed by atoms with van der Waals surface area (Å²) in [6.45, 7) is 3.07. The Kier molecular flexibility index (Phi) is 9.04. The number of rotatable bonds is 10. The molecule has 1 aromatic rings. The van der Waals surface area contributed by atoms with Gasteiger partial charge in [-0.3, -0.25) is 4.79 Å². The van der Waals surface area contributed by atoms with E-state index in [4.69, 9.17) is 4.74 Å². The molecule has 0 aliphatic carbocycles. The average molecular weight is 428 g/mol. The molecule has 1 fully saturated rings. The predicted molar refractivity (Wildman–Crippen MR) is 111 cm³/mol. The van der Waals surface area contributed by atoms with Crippen molar-refractivity contribution in [3.63, 3.8) is 0 Å². The molecule has 0 spiro atoms. The summed E-state index contributed by atoms with van der Waals surface area (Å²) in [5.41, 5.74) is 0.973. The highest BCUT2D eigenvalue weighted by molar-refractivity contribution is 7.89. The molecule has 0 aromatic heterocycles. The monoisotopic (exact) mass is 427 g/mol. The van der Waals surface area contributed by atoms with Gasteiger partial charge in [0.15, 0.2) is 0 Å². The van der Waals surface area contributed by atoms with Crippen LogP contribution in [0.25, 0.3) is 0 Å². The number of aliphatic hydroxyl groups excluding tert-OH is 1. The summed E-state index contributed by atoms with van der Waals surface area (Å²) in [4.78, 5) is 14.3. The van der Waals surface area contributed by atoms with Gasteiger partial charge in [-0.25, -0.2) is 13.1 Å². The Balaban J connectivity index is 1.85. The number of sulfonamides is 1. The molecule has 2 rings (SSSR count). The maximum Gasteiger partial charge on any atom is 0.240 e. The third-order valence-electron chi connectivity index (χ3n) is 4.95. The molecule has 3 N–H and O–H groups in total. The van der Waals surface area contributed by atoms with Crippen LogP contribution in [-0.2, 0) is 19.6 Å². The Hall–Kier alpha value is -1.52. The molecule has 1 aliphatic rings. The summed E-state index contributed by atoms with van der Waals surface area (Å²) in [6, 6.07) is 6.05. The Bertz CT molecular complexity index is 752. The first kappa shape index (κ1) is 23.8. The fourth-order valence-corrected chi connectivity index (χ4v) is 4.60. The van der Waals surface area contributed by atoms with Gasteiger partial charge in [-0.05, 0) is 59.0 Å². The van der Waals surface area contributed by atoms with Crippen molar-refractivity contribution < 1.29 is 23.1 Å². The van der Waals surface area contributed by atoms with Crippen LogP contribution in [-0.4, -0.2) is 76.4 Å². The van der Waals surface area contributed by atoms with Crippen LogP contribution >= 0.6 is 0 Å². The summed E-state index contributed by atoms with van der Waals surface area (Å²) in [6.07, 6.45) is 1.09. The summed E-state index contributed by atoms with van der Waals surface area (Å²) in [7, 11) is 0.258. The first-order chi connectivity index (χ1) is 13.7. The number of hydrogen-bond donors (Lipinski definition) is 3. The van der Waals surface area contributed by atoms with Gasteiger partial charge in [-0.2, -0.15) is 0 Å². The molecule has 1 aliphatic heterocycles. The van der Waals surface area contributed by atoms with Crippen LogP contribution in [0.15, 0.2) is 29.2 Å². The van der Waals surface area contributed by atoms with Crippen LogP contribution in [0.5, 0.6) is 0 Å². The maximum absolute atomic E-state index is 12.6. The van der Waals surface area contributed by atoms with E-state index in [1.54, 1.807) is 24.3 Å². The molecule has 0 bridgehead atoms. The predicted octanol–water partition coefficient (Wildman–Crippen LogP) is 0.640. The number of nitrogens with zero attached hydrogens (tertiary/aromatic N) is 1. The van der Waals surface area contributed by atoms with Gasteiger partial charge in [0, 0.05) is 6.54 Å². The molecule has 164 valence electrons. The molecule has 3 atom stereocenters. The van der Waals surface area contributed by atoms with Crippen molar-refractivity contribution in [2.75, 3.05) is 33.8 Å². The zero-order chi connectivity index (χ0) is 21.4. The van der Waals surface area contributed by atoms with E-state index in [2.05, 4.69) is 14.9 Å². The smallest absolute Gasteiger partial charge is 0.240 e. The summed E-state index contributed by atoms with van der Waals surface area (Å²) < 4.78 is 33.7. The normalized spacial score (nSPS) is 22.6. The van der Waals surface area contributed by atoms with E-state index < -0.39 is 22.2 Å². The zero-order valence-corrected chi connectivity index (χ0v) is 18.2. The lowest BCUT2D eigenvalue weighted by Crippen LogP contribution is -2.51. The fraction of sp³-hybridized carbons (Fsp3) is 0.650. The van der Waals surface area contributed by atoms with E-state index in [1.165, 1.54) is 0 Å². The van der Waals surface area contributed by atoms with Crippen molar-refractivity contribution >= 4 is 15.9 Å². The fourth-order valence-electron chi connectivity index (χ4n) is 3.30. The van der Waals surface area contributed by atoms with Crippen LogP contribution in [0.3, 0.4) is 0 Å². The molecule has 1 saturated heterocycles. The highest BCUT2D eigenvalue weighted by Crippen LogP contribution is 2.23. The highest BCUT2D eigenvalue weighted by atomic mass is 32.2. The number of aliphatic hydroxyl groups is 1. The van der Waals surface area contributed by atoms with Crippen molar-refractivity contribution in [2.24, 2.45) is 0 Å². The third kappa shape index (κ3) is 7.67. The standard InChI is InChI=1S/C20H33N3O5S/c1-15-5-8-17(9-6-15)29(26,27)22-18-10-7-16(28-19(18)14-24)13-20(25)21-11-4-12-23(2)3/h5-6,8-9,16,18-19,22,24H,4,7,10-14H2,1-3H3,(H,21,25)/t16-,18-,19+/m0/s1. The minimum absolute atomic E-state index is 0.0934. The van der Waals surface area contributed by atoms with Crippen LogP contribution < -0.4 is 10.0 Å². The second-order valence-electron chi connectivity index (χ2n) is 7.81. The number of carbonyl (C=O) groups is 1. The van der Waals surface area contributed by atoms with Gasteiger partial charge in [0.25, 0.3) is 0 Å². The minimum atomic E-state index is -3.71. The molecular weight excluding hydrogens is 394 g/mol. The molecular formula is C20H33N3O5S. The van der Waals surface area contributed by atoms with Crippen molar-refractivity contribution in [2.45, 2.75) is 55.8 Å². The van der Waals surface area contributed by atoms with E-state index in [9.17, 15) is 18.3 Å². The minimum Gasteiger partial charge on any atom is -0.394 e. The number of ether oxygens (including phenoxy) is 1. The van der Waals surface area contributed by atoms with Crippen molar-refractivity contribution in [3.8, 4) is 0 Å². The van der Waals surface area contributed by atoms with Crippen molar-refractivity contribution in [1.82, 2.24) is 14.9 Å². The molecule has 0 radical (unpaired) electrons. The quantitative estimate of drug-likeness (QED) is 0.473. The number of benzene rings is 1. The first-order valence-electron chi connectivity index (χ1n) is 9.98. The lowest BCUT2D eigenvalue weighted by Gasteiger charge is -2.35. The van der Waals surface area contributed by atoms with E-state index in [0.29, 0.717) is 19.4 Å². The Morgan fingerprint density at radius 3 is 2.55 bits per heavy atom. The van der Waals surface area contributed by atoms with Gasteiger partial charge in [-0.15, -0.1) is 0 Å². The van der Waals surface area contributed by atoms with Gasteiger partial charge in [-0.1, -0.05) is 17.7 Å². The van der Waals surface area contributed by atoms with Crippen LogP contribution in [0.2, 0.25) is 0 Å². The van der Waals surface area contributed by atoms with Crippen molar-refractivity contribution in [3.05, 3.63) is 29.8 Å². The number of nitrogens with one attached hydrogen (secondary N) is 2. The number of hydrogen-bond acceptors (Lipinski definition) is 6. The van der Waals surface area contributed by atoms with Gasteiger partial charge < -0.3 is 20.1 Å². The Labute approximate surface area is 173 Å². The molecule has 29 heavy (non-hydrogen) atoms. The number of amides is 1. The molecule has 1 amide bonds. The van der Waals surface area contributed by atoms with Gasteiger partial charge in [0.2, 0.25) is 15.9 Å². The van der Waals surface area contributed by atoms with E-state index >= 15 is 0 Å². The average Bonchev–Trinajstić information content (AvgIpc) is 2.66. The lowest BCUT2D eigenvalue weighted by atomic mass is 9.98. The zero-order valence-electron chi connectivity index (χ0n) is 17.4. The second kappa shape index (κ2) is 11.0.